The van der Waals surface area contributed by atoms with E-state index in [0.717, 1.165) is 16.6 Å². The van der Waals surface area contributed by atoms with Gasteiger partial charge in [-0.3, -0.25) is 4.90 Å². The SMILES string of the molecule is OC1CC(c2cccc(F)c2)N(Cc2cnn3ccccc23)C1. The van der Waals surface area contributed by atoms with Crippen molar-refractivity contribution in [3.8, 4) is 0 Å². The lowest BCUT2D eigenvalue weighted by atomic mass is 10.0. The van der Waals surface area contributed by atoms with Gasteiger partial charge in [-0.05, 0) is 36.2 Å². The summed E-state index contributed by atoms with van der Waals surface area (Å²) in [5.41, 5.74) is 3.09. The summed E-state index contributed by atoms with van der Waals surface area (Å²) < 4.78 is 15.4. The van der Waals surface area contributed by atoms with Gasteiger partial charge in [0.1, 0.15) is 5.82 Å². The molecule has 0 saturated carbocycles. The van der Waals surface area contributed by atoms with E-state index in [2.05, 4.69) is 10.00 Å². The number of rotatable bonds is 3. The van der Waals surface area contributed by atoms with Crippen molar-refractivity contribution in [2.24, 2.45) is 0 Å². The van der Waals surface area contributed by atoms with E-state index in [9.17, 15) is 9.50 Å². The van der Waals surface area contributed by atoms with Crippen molar-refractivity contribution in [1.29, 1.82) is 0 Å². The molecule has 3 aromatic rings. The second-order valence-corrected chi connectivity index (χ2v) is 6.09. The normalized spacial score (nSPS) is 22.0. The zero-order valence-electron chi connectivity index (χ0n) is 12.6. The number of hydrogen-bond acceptors (Lipinski definition) is 3. The highest BCUT2D eigenvalue weighted by Gasteiger charge is 2.32. The van der Waals surface area contributed by atoms with Crippen LogP contribution in [0.2, 0.25) is 0 Å². The fraction of sp³-hybridized carbons (Fsp3) is 0.278. The van der Waals surface area contributed by atoms with Crippen LogP contribution in [0.5, 0.6) is 0 Å². The molecule has 4 nitrogen and oxygen atoms in total. The van der Waals surface area contributed by atoms with E-state index < -0.39 is 0 Å². The van der Waals surface area contributed by atoms with Gasteiger partial charge in [0, 0.05) is 30.9 Å². The Morgan fingerprint density at radius 2 is 2.13 bits per heavy atom. The van der Waals surface area contributed by atoms with Crippen LogP contribution >= 0.6 is 0 Å². The van der Waals surface area contributed by atoms with Crippen LogP contribution in [0.25, 0.3) is 5.52 Å². The average Bonchev–Trinajstić information content (AvgIpc) is 3.12. The maximum Gasteiger partial charge on any atom is 0.123 e. The molecule has 0 spiro atoms. The molecule has 118 valence electrons. The van der Waals surface area contributed by atoms with Crippen LogP contribution in [-0.4, -0.2) is 32.3 Å². The van der Waals surface area contributed by atoms with Gasteiger partial charge in [-0.1, -0.05) is 18.2 Å². The Balaban J connectivity index is 1.64. The number of halogens is 1. The molecule has 23 heavy (non-hydrogen) atoms. The quantitative estimate of drug-likeness (QED) is 0.808. The predicted octanol–water partition coefficient (Wildman–Crippen LogP) is 2.78. The van der Waals surface area contributed by atoms with Crippen molar-refractivity contribution in [3.05, 3.63) is 71.8 Å². The minimum Gasteiger partial charge on any atom is -0.392 e. The number of β-amino-alcohol motifs (C(OH)–C–C–N with tert-alkyl or cyclic N) is 1. The molecule has 0 bridgehead atoms. The molecule has 2 aromatic heterocycles. The number of aliphatic hydroxyl groups excluding tert-OH is 1. The van der Waals surface area contributed by atoms with Gasteiger partial charge >= 0.3 is 0 Å². The molecule has 3 heterocycles. The highest BCUT2D eigenvalue weighted by molar-refractivity contribution is 5.53. The van der Waals surface area contributed by atoms with Crippen molar-refractivity contribution in [2.75, 3.05) is 6.54 Å². The summed E-state index contributed by atoms with van der Waals surface area (Å²) in [5.74, 6) is -0.236. The molecule has 4 rings (SSSR count). The molecule has 1 aliphatic rings. The summed E-state index contributed by atoms with van der Waals surface area (Å²) in [6.07, 6.45) is 4.03. The topological polar surface area (TPSA) is 40.8 Å². The number of aliphatic hydroxyl groups is 1. The third-order valence-corrected chi connectivity index (χ3v) is 4.49. The van der Waals surface area contributed by atoms with E-state index in [-0.39, 0.29) is 18.0 Å². The zero-order chi connectivity index (χ0) is 15.8. The summed E-state index contributed by atoms with van der Waals surface area (Å²) in [7, 11) is 0. The van der Waals surface area contributed by atoms with Gasteiger partial charge < -0.3 is 5.11 Å². The standard InChI is InChI=1S/C18H18FN3O/c19-15-5-3-4-13(8-15)18-9-16(23)12-21(18)11-14-10-20-22-7-2-1-6-17(14)22/h1-8,10,16,18,23H,9,11-12H2. The summed E-state index contributed by atoms with van der Waals surface area (Å²) in [6, 6.07) is 12.7. The van der Waals surface area contributed by atoms with Gasteiger partial charge in [0.2, 0.25) is 0 Å². The van der Waals surface area contributed by atoms with Crippen molar-refractivity contribution in [2.45, 2.75) is 25.1 Å². The Kier molecular flexibility index (Phi) is 3.59. The molecule has 1 fully saturated rings. The van der Waals surface area contributed by atoms with Gasteiger partial charge in [0.05, 0.1) is 17.8 Å². The molecule has 2 unspecified atom stereocenters. The van der Waals surface area contributed by atoms with Crippen molar-refractivity contribution >= 4 is 5.52 Å². The highest BCUT2D eigenvalue weighted by Crippen LogP contribution is 2.34. The number of likely N-dealkylation sites (tertiary alicyclic amines) is 1. The third kappa shape index (κ3) is 2.73. The first-order chi connectivity index (χ1) is 11.2. The first-order valence-corrected chi connectivity index (χ1v) is 7.79. The van der Waals surface area contributed by atoms with E-state index in [4.69, 9.17) is 0 Å². The maximum atomic E-state index is 13.5. The van der Waals surface area contributed by atoms with E-state index in [1.807, 2.05) is 41.2 Å². The third-order valence-electron chi connectivity index (χ3n) is 4.49. The Morgan fingerprint density at radius 3 is 3.00 bits per heavy atom. The Labute approximate surface area is 133 Å². The molecule has 5 heteroatoms. The lowest BCUT2D eigenvalue weighted by Crippen LogP contribution is -2.24. The summed E-state index contributed by atoms with van der Waals surface area (Å²) in [5, 5.41) is 14.4. The highest BCUT2D eigenvalue weighted by atomic mass is 19.1. The average molecular weight is 311 g/mol. The van der Waals surface area contributed by atoms with E-state index >= 15 is 0 Å². The number of aromatic nitrogens is 2. The predicted molar refractivity (Wildman–Crippen MR) is 85.4 cm³/mol. The largest absolute Gasteiger partial charge is 0.392 e. The monoisotopic (exact) mass is 311 g/mol. The lowest BCUT2D eigenvalue weighted by molar-refractivity contribution is 0.173. The molecular weight excluding hydrogens is 293 g/mol. The van der Waals surface area contributed by atoms with Crippen LogP contribution in [0.4, 0.5) is 4.39 Å². The maximum absolute atomic E-state index is 13.5. The minimum atomic E-state index is -0.384. The molecule has 2 atom stereocenters. The fourth-order valence-corrected chi connectivity index (χ4v) is 3.44. The second kappa shape index (κ2) is 5.76. The van der Waals surface area contributed by atoms with Gasteiger partial charge in [0.25, 0.3) is 0 Å². The first-order valence-electron chi connectivity index (χ1n) is 7.79. The Bertz CT molecular complexity index is 832. The number of hydrogen-bond donors (Lipinski definition) is 1. The molecule has 1 aromatic carbocycles. The van der Waals surface area contributed by atoms with Crippen LogP contribution in [0.3, 0.4) is 0 Å². The number of fused-ring (bicyclic) bond motifs is 1. The molecule has 0 aliphatic carbocycles. The molecular formula is C18H18FN3O. The second-order valence-electron chi connectivity index (χ2n) is 6.09. The first kappa shape index (κ1) is 14.4. The number of benzene rings is 1. The molecule has 1 aliphatic heterocycles. The van der Waals surface area contributed by atoms with Crippen LogP contribution in [0.15, 0.2) is 54.9 Å². The molecule has 0 radical (unpaired) electrons. The molecule has 0 amide bonds. The zero-order valence-corrected chi connectivity index (χ0v) is 12.6. The van der Waals surface area contributed by atoms with Gasteiger partial charge in [-0.25, -0.2) is 8.91 Å². The van der Waals surface area contributed by atoms with Crippen LogP contribution < -0.4 is 0 Å². The molecule has 1 saturated heterocycles. The van der Waals surface area contributed by atoms with E-state index in [0.29, 0.717) is 19.5 Å². The van der Waals surface area contributed by atoms with Crippen LogP contribution in [0.1, 0.15) is 23.6 Å². The van der Waals surface area contributed by atoms with Crippen molar-refractivity contribution in [3.63, 3.8) is 0 Å². The summed E-state index contributed by atoms with van der Waals surface area (Å²) >= 11 is 0. The van der Waals surface area contributed by atoms with Gasteiger partial charge in [-0.15, -0.1) is 0 Å². The van der Waals surface area contributed by atoms with Crippen molar-refractivity contribution in [1.82, 2.24) is 14.5 Å². The van der Waals surface area contributed by atoms with Crippen LogP contribution in [0, 0.1) is 5.82 Å². The summed E-state index contributed by atoms with van der Waals surface area (Å²) in [6.45, 7) is 1.27. The fourth-order valence-electron chi connectivity index (χ4n) is 3.44. The molecule has 1 N–H and O–H groups in total. The van der Waals surface area contributed by atoms with Crippen molar-refractivity contribution < 1.29 is 9.50 Å². The Morgan fingerprint density at radius 1 is 1.22 bits per heavy atom. The van der Waals surface area contributed by atoms with E-state index in [1.165, 1.54) is 6.07 Å². The summed E-state index contributed by atoms with van der Waals surface area (Å²) in [4.78, 5) is 2.20. The number of nitrogens with zero attached hydrogens (tertiary/aromatic N) is 3. The lowest BCUT2D eigenvalue weighted by Gasteiger charge is -2.24. The van der Waals surface area contributed by atoms with Crippen LogP contribution in [-0.2, 0) is 6.54 Å². The number of pyridine rings is 1. The van der Waals surface area contributed by atoms with E-state index in [1.54, 1.807) is 12.1 Å². The van der Waals surface area contributed by atoms with Gasteiger partial charge in [-0.2, -0.15) is 5.10 Å². The minimum absolute atomic E-state index is 0.0272. The van der Waals surface area contributed by atoms with Gasteiger partial charge in [0.15, 0.2) is 0 Å². The Hall–Kier alpha value is -2.24. The smallest absolute Gasteiger partial charge is 0.123 e.